The number of thioether (sulfide) groups is 1. The van der Waals surface area contributed by atoms with Crippen molar-refractivity contribution < 1.29 is 4.79 Å². The quantitative estimate of drug-likeness (QED) is 0.698. The van der Waals surface area contributed by atoms with Crippen LogP contribution >= 0.6 is 11.8 Å². The first-order chi connectivity index (χ1) is 5.87. The van der Waals surface area contributed by atoms with E-state index in [1.54, 1.807) is 11.8 Å². The average Bonchev–Trinajstić information content (AvgIpc) is 1.99. The van der Waals surface area contributed by atoms with Gasteiger partial charge in [0.15, 0.2) is 0 Å². The van der Waals surface area contributed by atoms with E-state index in [4.69, 9.17) is 5.73 Å². The van der Waals surface area contributed by atoms with E-state index in [1.165, 1.54) is 0 Å². The van der Waals surface area contributed by atoms with Crippen LogP contribution < -0.4 is 11.1 Å². The molecule has 0 aliphatic heterocycles. The van der Waals surface area contributed by atoms with Crippen LogP contribution in [-0.2, 0) is 4.79 Å². The minimum atomic E-state index is -0.325. The van der Waals surface area contributed by atoms with Gasteiger partial charge in [0, 0.05) is 23.8 Å². The standard InChI is InChI=1S/C9H20N2OS/c1-7(5-13-4)8(12)11-6-9(2,3)10/h7H,5-6,10H2,1-4H3,(H,11,12). The fourth-order valence-corrected chi connectivity index (χ4v) is 1.47. The van der Waals surface area contributed by atoms with Crippen molar-refractivity contribution in [3.8, 4) is 0 Å². The maximum Gasteiger partial charge on any atom is 0.223 e. The van der Waals surface area contributed by atoms with Crippen molar-refractivity contribution in [3.05, 3.63) is 0 Å². The Morgan fingerprint density at radius 3 is 2.54 bits per heavy atom. The molecule has 0 rings (SSSR count). The molecule has 0 radical (unpaired) electrons. The van der Waals surface area contributed by atoms with E-state index in [9.17, 15) is 4.79 Å². The molecule has 0 heterocycles. The van der Waals surface area contributed by atoms with Crippen LogP contribution in [0.5, 0.6) is 0 Å². The number of carbonyl (C=O) groups is 1. The molecule has 0 fully saturated rings. The highest BCUT2D eigenvalue weighted by atomic mass is 32.2. The Balaban J connectivity index is 3.74. The zero-order valence-corrected chi connectivity index (χ0v) is 9.70. The number of carbonyl (C=O) groups excluding carboxylic acids is 1. The van der Waals surface area contributed by atoms with Crippen molar-refractivity contribution in [1.29, 1.82) is 0 Å². The summed E-state index contributed by atoms with van der Waals surface area (Å²) in [6.07, 6.45) is 2.00. The van der Waals surface area contributed by atoms with E-state index in [2.05, 4.69) is 5.32 Å². The molecule has 1 amide bonds. The lowest BCUT2D eigenvalue weighted by Crippen LogP contribution is -2.46. The van der Waals surface area contributed by atoms with E-state index in [0.717, 1.165) is 5.75 Å². The summed E-state index contributed by atoms with van der Waals surface area (Å²) in [5.74, 6) is 1.02. The lowest BCUT2D eigenvalue weighted by atomic mass is 10.1. The molecule has 0 bridgehead atoms. The van der Waals surface area contributed by atoms with Gasteiger partial charge in [-0.25, -0.2) is 0 Å². The molecule has 78 valence electrons. The van der Waals surface area contributed by atoms with Gasteiger partial charge in [-0.15, -0.1) is 0 Å². The highest BCUT2D eigenvalue weighted by Gasteiger charge is 2.15. The monoisotopic (exact) mass is 204 g/mol. The van der Waals surface area contributed by atoms with Crippen molar-refractivity contribution in [2.45, 2.75) is 26.3 Å². The number of hydrogen-bond acceptors (Lipinski definition) is 3. The van der Waals surface area contributed by atoms with Crippen LogP contribution in [0.25, 0.3) is 0 Å². The van der Waals surface area contributed by atoms with Crippen molar-refractivity contribution in [3.63, 3.8) is 0 Å². The smallest absolute Gasteiger partial charge is 0.223 e. The molecule has 3 N–H and O–H groups in total. The topological polar surface area (TPSA) is 55.1 Å². The van der Waals surface area contributed by atoms with Gasteiger partial charge in [0.25, 0.3) is 0 Å². The zero-order valence-electron chi connectivity index (χ0n) is 8.89. The van der Waals surface area contributed by atoms with E-state index in [-0.39, 0.29) is 17.4 Å². The van der Waals surface area contributed by atoms with Crippen LogP contribution in [-0.4, -0.2) is 30.0 Å². The van der Waals surface area contributed by atoms with E-state index in [0.29, 0.717) is 6.54 Å². The second-order valence-corrected chi connectivity index (χ2v) is 4.97. The molecule has 0 aromatic carbocycles. The van der Waals surface area contributed by atoms with Gasteiger partial charge < -0.3 is 11.1 Å². The van der Waals surface area contributed by atoms with Crippen molar-refractivity contribution in [1.82, 2.24) is 5.32 Å². The molecule has 1 atom stereocenters. The number of rotatable bonds is 5. The SMILES string of the molecule is CSCC(C)C(=O)NCC(C)(C)N. The minimum Gasteiger partial charge on any atom is -0.354 e. The maximum atomic E-state index is 11.4. The first-order valence-electron chi connectivity index (χ1n) is 4.42. The Kier molecular flexibility index (Phi) is 5.40. The summed E-state index contributed by atoms with van der Waals surface area (Å²) in [6, 6.07) is 0. The van der Waals surface area contributed by atoms with E-state index in [1.807, 2.05) is 27.0 Å². The van der Waals surface area contributed by atoms with E-state index >= 15 is 0 Å². The molecule has 3 nitrogen and oxygen atoms in total. The lowest BCUT2D eigenvalue weighted by molar-refractivity contribution is -0.124. The van der Waals surface area contributed by atoms with Crippen LogP contribution in [0, 0.1) is 5.92 Å². The largest absolute Gasteiger partial charge is 0.354 e. The Hall–Kier alpha value is -0.220. The van der Waals surface area contributed by atoms with Gasteiger partial charge in [-0.3, -0.25) is 4.79 Å². The van der Waals surface area contributed by atoms with Crippen molar-refractivity contribution in [2.24, 2.45) is 11.7 Å². The van der Waals surface area contributed by atoms with Crippen LogP contribution in [0.1, 0.15) is 20.8 Å². The van der Waals surface area contributed by atoms with Gasteiger partial charge >= 0.3 is 0 Å². The summed E-state index contributed by atoms with van der Waals surface area (Å²) in [6.45, 7) is 6.25. The van der Waals surface area contributed by atoms with Crippen molar-refractivity contribution in [2.75, 3.05) is 18.6 Å². The number of hydrogen-bond donors (Lipinski definition) is 2. The highest BCUT2D eigenvalue weighted by Crippen LogP contribution is 2.04. The van der Waals surface area contributed by atoms with Gasteiger partial charge in [0.05, 0.1) is 0 Å². The third-order valence-corrected chi connectivity index (χ3v) is 2.42. The first-order valence-corrected chi connectivity index (χ1v) is 5.81. The number of nitrogens with one attached hydrogen (secondary N) is 1. The number of nitrogens with two attached hydrogens (primary N) is 1. The molecule has 0 aliphatic carbocycles. The maximum absolute atomic E-state index is 11.4. The highest BCUT2D eigenvalue weighted by molar-refractivity contribution is 7.98. The lowest BCUT2D eigenvalue weighted by Gasteiger charge is -2.20. The second kappa shape index (κ2) is 5.50. The van der Waals surface area contributed by atoms with Gasteiger partial charge in [-0.05, 0) is 20.1 Å². The molecule has 4 heteroatoms. The second-order valence-electron chi connectivity index (χ2n) is 4.06. The Morgan fingerprint density at radius 1 is 1.62 bits per heavy atom. The summed E-state index contributed by atoms with van der Waals surface area (Å²) in [7, 11) is 0. The summed E-state index contributed by atoms with van der Waals surface area (Å²) in [5.41, 5.74) is 5.41. The summed E-state index contributed by atoms with van der Waals surface area (Å²) < 4.78 is 0. The van der Waals surface area contributed by atoms with Crippen LogP contribution in [0.3, 0.4) is 0 Å². The molecular formula is C9H20N2OS. The number of amides is 1. The Labute approximate surface area is 84.8 Å². The molecule has 13 heavy (non-hydrogen) atoms. The minimum absolute atomic E-state index is 0.0670. The summed E-state index contributed by atoms with van der Waals surface area (Å²) >= 11 is 1.68. The third-order valence-electron chi connectivity index (χ3n) is 1.58. The molecule has 0 spiro atoms. The summed E-state index contributed by atoms with van der Waals surface area (Å²) in [5, 5.41) is 2.83. The molecule has 0 saturated heterocycles. The van der Waals surface area contributed by atoms with Crippen LogP contribution in [0.2, 0.25) is 0 Å². The average molecular weight is 204 g/mol. The first kappa shape index (κ1) is 12.8. The molecule has 0 aromatic heterocycles. The zero-order chi connectivity index (χ0) is 10.5. The van der Waals surface area contributed by atoms with Crippen molar-refractivity contribution >= 4 is 17.7 Å². The van der Waals surface area contributed by atoms with E-state index < -0.39 is 0 Å². The fourth-order valence-electron chi connectivity index (χ4n) is 0.815. The third kappa shape index (κ3) is 6.90. The fraction of sp³-hybridized carbons (Fsp3) is 0.889. The molecule has 0 aliphatic rings. The van der Waals surface area contributed by atoms with Crippen LogP contribution in [0.4, 0.5) is 0 Å². The molecule has 1 unspecified atom stereocenters. The normalized spacial score (nSPS) is 13.9. The summed E-state index contributed by atoms with van der Waals surface area (Å²) in [4.78, 5) is 11.4. The van der Waals surface area contributed by atoms with Gasteiger partial charge in [0.2, 0.25) is 5.91 Å². The predicted octanol–water partition coefficient (Wildman–Crippen LogP) is 0.839. The molecular weight excluding hydrogens is 184 g/mol. The molecule has 0 aromatic rings. The van der Waals surface area contributed by atoms with Crippen LogP contribution in [0.15, 0.2) is 0 Å². The Bertz CT molecular complexity index is 165. The van der Waals surface area contributed by atoms with Gasteiger partial charge in [-0.1, -0.05) is 6.92 Å². The Morgan fingerprint density at radius 2 is 2.15 bits per heavy atom. The van der Waals surface area contributed by atoms with Gasteiger partial charge in [0.1, 0.15) is 0 Å². The molecule has 0 saturated carbocycles. The van der Waals surface area contributed by atoms with Gasteiger partial charge in [-0.2, -0.15) is 11.8 Å². The predicted molar refractivity (Wildman–Crippen MR) is 58.8 cm³/mol.